The van der Waals surface area contributed by atoms with Crippen molar-refractivity contribution in [1.29, 1.82) is 0 Å². The summed E-state index contributed by atoms with van der Waals surface area (Å²) in [6.07, 6.45) is 2.09. The van der Waals surface area contributed by atoms with Gasteiger partial charge in [0.05, 0.1) is 14.2 Å². The highest BCUT2D eigenvalue weighted by Gasteiger charge is 2.24. The summed E-state index contributed by atoms with van der Waals surface area (Å²) in [4.78, 5) is 12.5. The molecule has 2 rings (SSSR count). The van der Waals surface area contributed by atoms with Gasteiger partial charge in [-0.1, -0.05) is 0 Å². The molecule has 21 heavy (non-hydrogen) atoms. The molecule has 0 bridgehead atoms. The Morgan fingerprint density at radius 1 is 1.29 bits per heavy atom. The summed E-state index contributed by atoms with van der Waals surface area (Å²) in [5, 5.41) is 6.50. The minimum Gasteiger partial charge on any atom is -0.493 e. The predicted molar refractivity (Wildman–Crippen MR) is 82.2 cm³/mol. The Kier molecular flexibility index (Phi) is 5.07. The Labute approximate surface area is 126 Å². The predicted octanol–water partition coefficient (Wildman–Crippen LogP) is 1.88. The quantitative estimate of drug-likeness (QED) is 0.889. The van der Waals surface area contributed by atoms with E-state index in [-0.39, 0.29) is 11.9 Å². The third-order valence-corrected chi connectivity index (χ3v) is 4.05. The molecule has 5 heteroatoms. The molecule has 1 aliphatic rings. The summed E-state index contributed by atoms with van der Waals surface area (Å²) in [6, 6.07) is 4.03. The molecule has 0 saturated carbocycles. The Morgan fingerprint density at radius 2 is 1.95 bits per heavy atom. The van der Waals surface area contributed by atoms with Gasteiger partial charge in [0.1, 0.15) is 0 Å². The smallest absolute Gasteiger partial charge is 0.251 e. The highest BCUT2D eigenvalue weighted by Crippen LogP contribution is 2.30. The first-order valence-corrected chi connectivity index (χ1v) is 7.33. The molecule has 1 fully saturated rings. The number of hydrogen-bond acceptors (Lipinski definition) is 4. The van der Waals surface area contributed by atoms with Crippen LogP contribution < -0.4 is 20.1 Å². The first-order chi connectivity index (χ1) is 10.1. The van der Waals surface area contributed by atoms with E-state index in [0.29, 0.717) is 23.1 Å². The third-order valence-electron chi connectivity index (χ3n) is 4.05. The van der Waals surface area contributed by atoms with Crippen molar-refractivity contribution in [2.45, 2.75) is 38.8 Å². The topological polar surface area (TPSA) is 59.6 Å². The average Bonchev–Trinajstić information content (AvgIpc) is 2.49. The van der Waals surface area contributed by atoms with Crippen molar-refractivity contribution in [3.63, 3.8) is 0 Å². The van der Waals surface area contributed by atoms with Crippen LogP contribution in [0.4, 0.5) is 0 Å². The monoisotopic (exact) mass is 292 g/mol. The van der Waals surface area contributed by atoms with E-state index in [1.54, 1.807) is 20.3 Å². The van der Waals surface area contributed by atoms with E-state index in [0.717, 1.165) is 24.9 Å². The lowest BCUT2D eigenvalue weighted by atomic mass is 9.98. The minimum atomic E-state index is -0.0611. The second-order valence-corrected chi connectivity index (χ2v) is 5.49. The summed E-state index contributed by atoms with van der Waals surface area (Å²) in [7, 11) is 3.16. The van der Waals surface area contributed by atoms with Crippen LogP contribution in [-0.2, 0) is 0 Å². The standard InChI is InChI=1S/C16H24N2O3/c1-10-8-14(20-3)15(21-4)9-12(10)16(19)18-13-6-5-7-17-11(13)2/h8-9,11,13,17H,5-7H2,1-4H3,(H,18,19). The maximum absolute atomic E-state index is 12.5. The number of piperidine rings is 1. The zero-order valence-electron chi connectivity index (χ0n) is 13.2. The molecule has 2 N–H and O–H groups in total. The molecule has 2 atom stereocenters. The van der Waals surface area contributed by atoms with Crippen molar-refractivity contribution in [1.82, 2.24) is 10.6 Å². The van der Waals surface area contributed by atoms with Crippen molar-refractivity contribution < 1.29 is 14.3 Å². The van der Waals surface area contributed by atoms with Gasteiger partial charge in [-0.05, 0) is 50.9 Å². The van der Waals surface area contributed by atoms with Crippen LogP contribution >= 0.6 is 0 Å². The van der Waals surface area contributed by atoms with Crippen molar-refractivity contribution in [2.24, 2.45) is 0 Å². The van der Waals surface area contributed by atoms with Gasteiger partial charge in [0.2, 0.25) is 0 Å². The Bertz CT molecular complexity index is 516. The molecular weight excluding hydrogens is 268 g/mol. The van der Waals surface area contributed by atoms with E-state index in [4.69, 9.17) is 9.47 Å². The number of carbonyl (C=O) groups is 1. The second-order valence-electron chi connectivity index (χ2n) is 5.49. The van der Waals surface area contributed by atoms with Crippen LogP contribution in [0.15, 0.2) is 12.1 Å². The molecule has 0 radical (unpaired) electrons. The summed E-state index contributed by atoms with van der Waals surface area (Å²) in [5.41, 5.74) is 1.51. The minimum absolute atomic E-state index is 0.0611. The normalized spacial score (nSPS) is 21.7. The van der Waals surface area contributed by atoms with Gasteiger partial charge in [0.25, 0.3) is 5.91 Å². The van der Waals surface area contributed by atoms with Crippen molar-refractivity contribution >= 4 is 5.91 Å². The zero-order valence-corrected chi connectivity index (χ0v) is 13.2. The largest absolute Gasteiger partial charge is 0.493 e. The molecule has 116 valence electrons. The van der Waals surface area contributed by atoms with Gasteiger partial charge in [0.15, 0.2) is 11.5 Å². The number of ether oxygens (including phenoxy) is 2. The molecule has 1 aromatic carbocycles. The first-order valence-electron chi connectivity index (χ1n) is 7.33. The van der Waals surface area contributed by atoms with Crippen LogP contribution in [0.1, 0.15) is 35.7 Å². The van der Waals surface area contributed by atoms with E-state index in [2.05, 4.69) is 17.6 Å². The summed E-state index contributed by atoms with van der Waals surface area (Å²) in [6.45, 7) is 5.02. The van der Waals surface area contributed by atoms with Crippen molar-refractivity contribution in [2.75, 3.05) is 20.8 Å². The summed E-state index contributed by atoms with van der Waals surface area (Å²) >= 11 is 0. The molecule has 5 nitrogen and oxygen atoms in total. The van der Waals surface area contributed by atoms with Gasteiger partial charge < -0.3 is 20.1 Å². The lowest BCUT2D eigenvalue weighted by Gasteiger charge is -2.30. The number of methoxy groups -OCH3 is 2. The van der Waals surface area contributed by atoms with Gasteiger partial charge in [-0.2, -0.15) is 0 Å². The number of amides is 1. The fraction of sp³-hybridized carbons (Fsp3) is 0.562. The van der Waals surface area contributed by atoms with Gasteiger partial charge in [-0.15, -0.1) is 0 Å². The van der Waals surface area contributed by atoms with E-state index in [9.17, 15) is 4.79 Å². The number of benzene rings is 1. The summed E-state index contributed by atoms with van der Waals surface area (Å²) in [5.74, 6) is 1.15. The molecule has 2 unspecified atom stereocenters. The van der Waals surface area contributed by atoms with E-state index in [1.807, 2.05) is 13.0 Å². The zero-order chi connectivity index (χ0) is 15.4. The number of nitrogens with one attached hydrogen (secondary N) is 2. The second kappa shape index (κ2) is 6.80. The number of hydrogen-bond donors (Lipinski definition) is 2. The lowest BCUT2D eigenvalue weighted by molar-refractivity contribution is 0.0919. The van der Waals surface area contributed by atoms with Gasteiger partial charge in [0, 0.05) is 17.6 Å². The fourth-order valence-electron chi connectivity index (χ4n) is 2.71. The van der Waals surface area contributed by atoms with Crippen LogP contribution in [0.3, 0.4) is 0 Å². The van der Waals surface area contributed by atoms with Crippen LogP contribution in [-0.4, -0.2) is 38.8 Å². The molecule has 0 spiro atoms. The van der Waals surface area contributed by atoms with Crippen LogP contribution in [0.5, 0.6) is 11.5 Å². The van der Waals surface area contributed by atoms with Gasteiger partial charge >= 0.3 is 0 Å². The molecule has 1 aliphatic heterocycles. The first kappa shape index (κ1) is 15.6. The Balaban J connectivity index is 2.18. The maximum Gasteiger partial charge on any atom is 0.251 e. The summed E-state index contributed by atoms with van der Waals surface area (Å²) < 4.78 is 10.5. The number of aryl methyl sites for hydroxylation is 1. The maximum atomic E-state index is 12.5. The third kappa shape index (κ3) is 3.47. The van der Waals surface area contributed by atoms with E-state index < -0.39 is 0 Å². The molecule has 0 aromatic heterocycles. The van der Waals surface area contributed by atoms with Crippen LogP contribution in [0.2, 0.25) is 0 Å². The SMILES string of the molecule is COc1cc(C)c(C(=O)NC2CCCNC2C)cc1OC. The molecule has 1 heterocycles. The van der Waals surface area contributed by atoms with Crippen molar-refractivity contribution in [3.8, 4) is 11.5 Å². The molecule has 0 aliphatic carbocycles. The highest BCUT2D eigenvalue weighted by molar-refractivity contribution is 5.96. The van der Waals surface area contributed by atoms with Crippen LogP contribution in [0, 0.1) is 6.92 Å². The fourth-order valence-corrected chi connectivity index (χ4v) is 2.71. The molecule has 1 amide bonds. The lowest BCUT2D eigenvalue weighted by Crippen LogP contribution is -2.52. The molecule has 1 saturated heterocycles. The molecular formula is C16H24N2O3. The van der Waals surface area contributed by atoms with Gasteiger partial charge in [-0.25, -0.2) is 0 Å². The van der Waals surface area contributed by atoms with Crippen LogP contribution in [0.25, 0.3) is 0 Å². The van der Waals surface area contributed by atoms with Gasteiger partial charge in [-0.3, -0.25) is 4.79 Å². The Morgan fingerprint density at radius 3 is 2.57 bits per heavy atom. The highest BCUT2D eigenvalue weighted by atomic mass is 16.5. The van der Waals surface area contributed by atoms with E-state index in [1.165, 1.54) is 0 Å². The molecule has 1 aromatic rings. The van der Waals surface area contributed by atoms with Crippen molar-refractivity contribution in [3.05, 3.63) is 23.3 Å². The number of carbonyl (C=O) groups excluding carboxylic acids is 1. The average molecular weight is 292 g/mol. The van der Waals surface area contributed by atoms with E-state index >= 15 is 0 Å². The Hall–Kier alpha value is -1.75. The number of rotatable bonds is 4.